The molecular weight excluding hydrogens is 364 g/mol. The fourth-order valence-corrected chi connectivity index (χ4v) is 3.14. The molecule has 0 aliphatic carbocycles. The number of carbonyl (C=O) groups excluding carboxylic acids is 2. The van der Waals surface area contributed by atoms with E-state index in [4.69, 9.17) is 4.74 Å². The smallest absolute Gasteiger partial charge is 0.409 e. The number of hydrogen-bond donors (Lipinski definition) is 1. The predicted octanol–water partition coefficient (Wildman–Crippen LogP) is 2.32. The Balaban J connectivity index is 1.94. The number of likely N-dealkylation sites (tertiary alicyclic amines) is 1. The van der Waals surface area contributed by atoms with Gasteiger partial charge in [-0.1, -0.05) is 0 Å². The van der Waals surface area contributed by atoms with Crippen molar-refractivity contribution in [3.05, 3.63) is 15.9 Å². The molecule has 1 saturated heterocycles. The van der Waals surface area contributed by atoms with Crippen molar-refractivity contribution < 1.29 is 14.3 Å². The van der Waals surface area contributed by atoms with Crippen molar-refractivity contribution in [2.24, 2.45) is 0 Å². The number of halogens is 1. The minimum absolute atomic E-state index is 0.0561. The molecule has 1 N–H and O–H groups in total. The minimum Gasteiger partial charge on any atom is -0.450 e. The lowest BCUT2D eigenvalue weighted by atomic mass is 10.1. The zero-order valence-corrected chi connectivity index (χ0v) is 15.4. The molecule has 2 heterocycles. The van der Waals surface area contributed by atoms with Crippen LogP contribution in [0.1, 0.15) is 42.9 Å². The molecule has 1 aromatic heterocycles. The largest absolute Gasteiger partial charge is 0.450 e. The summed E-state index contributed by atoms with van der Waals surface area (Å²) in [6, 6.07) is 0.0561. The van der Waals surface area contributed by atoms with E-state index in [9.17, 15) is 9.59 Å². The van der Waals surface area contributed by atoms with Crippen LogP contribution in [-0.2, 0) is 11.3 Å². The Morgan fingerprint density at radius 3 is 2.57 bits per heavy atom. The third-order valence-corrected chi connectivity index (χ3v) is 4.87. The van der Waals surface area contributed by atoms with Crippen molar-refractivity contribution in [3.8, 4) is 0 Å². The first-order valence-corrected chi connectivity index (χ1v) is 8.72. The molecule has 7 nitrogen and oxygen atoms in total. The van der Waals surface area contributed by atoms with Crippen LogP contribution in [0, 0.1) is 6.92 Å². The number of nitrogens with zero attached hydrogens (tertiary/aromatic N) is 3. The van der Waals surface area contributed by atoms with Gasteiger partial charge in [0.2, 0.25) is 0 Å². The summed E-state index contributed by atoms with van der Waals surface area (Å²) in [6.07, 6.45) is 1.17. The van der Waals surface area contributed by atoms with Crippen LogP contribution in [-0.4, -0.2) is 52.4 Å². The summed E-state index contributed by atoms with van der Waals surface area (Å²) in [6.45, 7) is 7.81. The van der Waals surface area contributed by atoms with Gasteiger partial charge in [0.15, 0.2) is 0 Å². The fourth-order valence-electron chi connectivity index (χ4n) is 2.68. The van der Waals surface area contributed by atoms with Crippen molar-refractivity contribution in [2.45, 2.75) is 46.2 Å². The molecule has 0 radical (unpaired) electrons. The molecule has 0 bridgehead atoms. The average molecular weight is 387 g/mol. The Morgan fingerprint density at radius 2 is 2.00 bits per heavy atom. The molecule has 1 aliphatic heterocycles. The number of aryl methyl sites for hydroxylation is 2. The molecule has 2 rings (SSSR count). The normalized spacial score (nSPS) is 15.6. The summed E-state index contributed by atoms with van der Waals surface area (Å²) in [5.41, 5.74) is 1.35. The van der Waals surface area contributed by atoms with Crippen molar-refractivity contribution in [3.63, 3.8) is 0 Å². The Kier molecular flexibility index (Phi) is 6.04. The van der Waals surface area contributed by atoms with Gasteiger partial charge in [-0.2, -0.15) is 5.10 Å². The molecule has 23 heavy (non-hydrogen) atoms. The Morgan fingerprint density at radius 1 is 1.35 bits per heavy atom. The number of nitrogens with one attached hydrogen (secondary N) is 1. The van der Waals surface area contributed by atoms with Gasteiger partial charge in [0, 0.05) is 25.7 Å². The van der Waals surface area contributed by atoms with E-state index in [1.54, 1.807) is 16.5 Å². The van der Waals surface area contributed by atoms with Gasteiger partial charge >= 0.3 is 6.09 Å². The highest BCUT2D eigenvalue weighted by atomic mass is 79.9. The SMILES string of the molecule is CCOC(=O)N1CCC(NC(=O)c2c(Br)c(C)nn2CC)CC1. The third kappa shape index (κ3) is 4.04. The van der Waals surface area contributed by atoms with Crippen LogP contribution < -0.4 is 5.32 Å². The van der Waals surface area contributed by atoms with Gasteiger partial charge in [-0.05, 0) is 49.5 Å². The van der Waals surface area contributed by atoms with Gasteiger partial charge in [-0.3, -0.25) is 9.48 Å². The summed E-state index contributed by atoms with van der Waals surface area (Å²) in [4.78, 5) is 25.9. The summed E-state index contributed by atoms with van der Waals surface area (Å²) < 4.78 is 7.43. The first-order chi connectivity index (χ1) is 11.0. The number of amides is 2. The first-order valence-electron chi connectivity index (χ1n) is 7.93. The van der Waals surface area contributed by atoms with E-state index in [0.29, 0.717) is 31.9 Å². The van der Waals surface area contributed by atoms with E-state index >= 15 is 0 Å². The lowest BCUT2D eigenvalue weighted by Crippen LogP contribution is -2.47. The number of carbonyl (C=O) groups is 2. The van der Waals surface area contributed by atoms with Crippen molar-refractivity contribution in [1.29, 1.82) is 0 Å². The summed E-state index contributed by atoms with van der Waals surface area (Å²) in [5.74, 6) is -0.131. The quantitative estimate of drug-likeness (QED) is 0.861. The second-order valence-corrected chi connectivity index (χ2v) is 6.29. The molecule has 8 heteroatoms. The molecule has 0 unspecified atom stereocenters. The zero-order chi connectivity index (χ0) is 17.0. The van der Waals surface area contributed by atoms with E-state index in [0.717, 1.165) is 23.0 Å². The van der Waals surface area contributed by atoms with Crippen LogP contribution in [0.5, 0.6) is 0 Å². The molecular formula is C15H23BrN4O3. The Labute approximate surface area is 144 Å². The minimum atomic E-state index is -0.278. The second-order valence-electron chi connectivity index (χ2n) is 5.50. The van der Waals surface area contributed by atoms with Crippen LogP contribution in [0.15, 0.2) is 4.47 Å². The van der Waals surface area contributed by atoms with Gasteiger partial charge in [0.25, 0.3) is 5.91 Å². The van der Waals surface area contributed by atoms with Crippen LogP contribution in [0.25, 0.3) is 0 Å². The van der Waals surface area contributed by atoms with Crippen molar-refractivity contribution in [2.75, 3.05) is 19.7 Å². The Hall–Kier alpha value is -1.57. The molecule has 128 valence electrons. The average Bonchev–Trinajstić information content (AvgIpc) is 2.83. The van der Waals surface area contributed by atoms with Gasteiger partial charge in [-0.25, -0.2) is 4.79 Å². The van der Waals surface area contributed by atoms with Crippen LogP contribution in [0.3, 0.4) is 0 Å². The highest BCUT2D eigenvalue weighted by molar-refractivity contribution is 9.10. The topological polar surface area (TPSA) is 76.5 Å². The number of piperidine rings is 1. The number of rotatable bonds is 4. The zero-order valence-electron chi connectivity index (χ0n) is 13.8. The van der Waals surface area contributed by atoms with E-state index in [2.05, 4.69) is 26.3 Å². The van der Waals surface area contributed by atoms with Crippen LogP contribution in [0.2, 0.25) is 0 Å². The molecule has 2 amide bonds. The van der Waals surface area contributed by atoms with E-state index < -0.39 is 0 Å². The lowest BCUT2D eigenvalue weighted by molar-refractivity contribution is 0.0852. The van der Waals surface area contributed by atoms with Crippen molar-refractivity contribution in [1.82, 2.24) is 20.0 Å². The maximum atomic E-state index is 12.5. The third-order valence-electron chi connectivity index (χ3n) is 3.93. The maximum absolute atomic E-state index is 12.5. The van der Waals surface area contributed by atoms with Gasteiger partial charge in [0.1, 0.15) is 5.69 Å². The lowest BCUT2D eigenvalue weighted by Gasteiger charge is -2.31. The number of aromatic nitrogens is 2. The molecule has 0 saturated carbocycles. The molecule has 1 fully saturated rings. The van der Waals surface area contributed by atoms with Gasteiger partial charge in [-0.15, -0.1) is 0 Å². The Bertz CT molecular complexity index is 580. The first kappa shape index (κ1) is 17.8. The van der Waals surface area contributed by atoms with Gasteiger partial charge < -0.3 is 15.0 Å². The van der Waals surface area contributed by atoms with Crippen LogP contribution >= 0.6 is 15.9 Å². The fraction of sp³-hybridized carbons (Fsp3) is 0.667. The van der Waals surface area contributed by atoms with Gasteiger partial charge in [0.05, 0.1) is 16.8 Å². The number of ether oxygens (including phenoxy) is 1. The monoisotopic (exact) mass is 386 g/mol. The number of hydrogen-bond acceptors (Lipinski definition) is 4. The standard InChI is InChI=1S/C15H23BrN4O3/c1-4-20-13(12(16)10(3)18-20)14(21)17-11-6-8-19(9-7-11)15(22)23-5-2/h11H,4-9H2,1-3H3,(H,17,21). The summed E-state index contributed by atoms with van der Waals surface area (Å²) >= 11 is 3.44. The molecule has 0 aromatic carbocycles. The van der Waals surface area contributed by atoms with Crippen molar-refractivity contribution >= 4 is 27.9 Å². The molecule has 0 spiro atoms. The second kappa shape index (κ2) is 7.81. The van der Waals surface area contributed by atoms with E-state index in [1.807, 2.05) is 13.8 Å². The highest BCUT2D eigenvalue weighted by Crippen LogP contribution is 2.21. The van der Waals surface area contributed by atoms with E-state index in [-0.39, 0.29) is 18.0 Å². The molecule has 0 atom stereocenters. The van der Waals surface area contributed by atoms with Crippen LogP contribution in [0.4, 0.5) is 4.79 Å². The highest BCUT2D eigenvalue weighted by Gasteiger charge is 2.27. The maximum Gasteiger partial charge on any atom is 0.409 e. The molecule has 1 aliphatic rings. The summed E-state index contributed by atoms with van der Waals surface area (Å²) in [5, 5.41) is 7.39. The summed E-state index contributed by atoms with van der Waals surface area (Å²) in [7, 11) is 0. The molecule has 1 aromatic rings. The van der Waals surface area contributed by atoms with E-state index in [1.165, 1.54) is 0 Å². The predicted molar refractivity (Wildman–Crippen MR) is 89.4 cm³/mol.